The molecule has 4 nitrogen and oxygen atoms in total. The molecular formula is C15H20Cl2N2O2. The van der Waals surface area contributed by atoms with E-state index in [1.54, 1.807) is 18.2 Å². The number of ether oxygens (including phenoxy) is 1. The second kappa shape index (κ2) is 8.47. The fraction of sp³-hybridized carbons (Fsp3) is 0.533. The molecule has 1 heterocycles. The first kappa shape index (κ1) is 16.4. The van der Waals surface area contributed by atoms with Crippen molar-refractivity contribution >= 4 is 29.1 Å². The van der Waals surface area contributed by atoms with Crippen LogP contribution in [-0.4, -0.2) is 32.1 Å². The molecule has 1 atom stereocenters. The lowest BCUT2D eigenvalue weighted by Gasteiger charge is -2.22. The van der Waals surface area contributed by atoms with Gasteiger partial charge in [-0.15, -0.1) is 0 Å². The minimum absolute atomic E-state index is 0.0130. The Morgan fingerprint density at radius 1 is 1.38 bits per heavy atom. The van der Waals surface area contributed by atoms with Crippen molar-refractivity contribution in [3.05, 3.63) is 28.2 Å². The number of hydrogen-bond acceptors (Lipinski definition) is 3. The monoisotopic (exact) mass is 330 g/mol. The molecule has 0 saturated carbocycles. The Morgan fingerprint density at radius 3 is 2.95 bits per heavy atom. The van der Waals surface area contributed by atoms with Gasteiger partial charge in [0, 0.05) is 12.6 Å². The van der Waals surface area contributed by atoms with Crippen molar-refractivity contribution in [2.45, 2.75) is 19.3 Å². The fourth-order valence-corrected chi connectivity index (χ4v) is 2.64. The highest BCUT2D eigenvalue weighted by Gasteiger charge is 2.13. The number of carbonyl (C=O) groups is 1. The Balaban J connectivity index is 1.63. The van der Waals surface area contributed by atoms with Crippen molar-refractivity contribution in [3.8, 4) is 5.75 Å². The molecule has 1 aliphatic heterocycles. The minimum Gasteiger partial charge on any atom is -0.484 e. The molecule has 1 unspecified atom stereocenters. The quantitative estimate of drug-likeness (QED) is 0.843. The summed E-state index contributed by atoms with van der Waals surface area (Å²) >= 11 is 11.7. The van der Waals surface area contributed by atoms with E-state index in [1.807, 2.05) is 0 Å². The molecule has 0 radical (unpaired) electrons. The Bertz CT molecular complexity index is 477. The molecule has 1 aromatic rings. The predicted octanol–water partition coefficient (Wildman–Crippen LogP) is 2.88. The second-order valence-corrected chi connectivity index (χ2v) is 6.03. The maximum absolute atomic E-state index is 11.7. The van der Waals surface area contributed by atoms with Crippen LogP contribution in [0.5, 0.6) is 5.75 Å². The molecule has 1 aromatic carbocycles. The Hall–Kier alpha value is -0.970. The van der Waals surface area contributed by atoms with Gasteiger partial charge < -0.3 is 15.4 Å². The van der Waals surface area contributed by atoms with E-state index in [9.17, 15) is 4.79 Å². The van der Waals surface area contributed by atoms with Crippen LogP contribution in [0.25, 0.3) is 0 Å². The normalized spacial score (nSPS) is 18.3. The number of amides is 1. The number of halogens is 2. The molecule has 1 saturated heterocycles. The summed E-state index contributed by atoms with van der Waals surface area (Å²) < 4.78 is 5.38. The zero-order valence-corrected chi connectivity index (χ0v) is 13.3. The van der Waals surface area contributed by atoms with E-state index in [1.165, 1.54) is 12.8 Å². The summed E-state index contributed by atoms with van der Waals surface area (Å²) in [4.78, 5) is 11.7. The summed E-state index contributed by atoms with van der Waals surface area (Å²) in [6.45, 7) is 2.84. The average molecular weight is 331 g/mol. The molecule has 6 heteroatoms. The molecule has 0 aliphatic carbocycles. The molecule has 116 valence electrons. The van der Waals surface area contributed by atoms with E-state index in [0.29, 0.717) is 28.3 Å². The van der Waals surface area contributed by atoms with Gasteiger partial charge in [0.25, 0.3) is 5.91 Å². The van der Waals surface area contributed by atoms with Crippen LogP contribution < -0.4 is 15.4 Å². The second-order valence-electron chi connectivity index (χ2n) is 5.22. The minimum atomic E-state index is -0.121. The molecule has 2 rings (SSSR count). The van der Waals surface area contributed by atoms with Crippen molar-refractivity contribution in [1.29, 1.82) is 0 Å². The molecule has 1 aliphatic rings. The Morgan fingerprint density at radius 2 is 2.24 bits per heavy atom. The van der Waals surface area contributed by atoms with Crippen LogP contribution >= 0.6 is 23.2 Å². The van der Waals surface area contributed by atoms with Crippen LogP contribution in [0.15, 0.2) is 18.2 Å². The van der Waals surface area contributed by atoms with E-state index in [-0.39, 0.29) is 12.5 Å². The molecule has 0 spiro atoms. The first-order valence-corrected chi connectivity index (χ1v) is 7.96. The smallest absolute Gasteiger partial charge is 0.257 e. The van der Waals surface area contributed by atoms with E-state index in [0.717, 1.165) is 19.5 Å². The Labute approximate surface area is 135 Å². The number of hydrogen-bond donors (Lipinski definition) is 2. The van der Waals surface area contributed by atoms with Gasteiger partial charge in [-0.1, -0.05) is 23.2 Å². The number of rotatable bonds is 6. The SMILES string of the molecule is O=C(COc1ccc(Cl)c(Cl)c1)NCCC1CCCNC1. The van der Waals surface area contributed by atoms with Gasteiger partial charge in [0.05, 0.1) is 10.0 Å². The highest BCUT2D eigenvalue weighted by atomic mass is 35.5. The van der Waals surface area contributed by atoms with Gasteiger partial charge in [0.1, 0.15) is 5.75 Å². The lowest BCUT2D eigenvalue weighted by molar-refractivity contribution is -0.123. The first-order valence-electron chi connectivity index (χ1n) is 7.20. The van der Waals surface area contributed by atoms with Gasteiger partial charge in [-0.3, -0.25) is 4.79 Å². The molecule has 1 fully saturated rings. The molecule has 21 heavy (non-hydrogen) atoms. The van der Waals surface area contributed by atoms with E-state index < -0.39 is 0 Å². The average Bonchev–Trinajstić information content (AvgIpc) is 2.49. The van der Waals surface area contributed by atoms with Crippen LogP contribution in [0.3, 0.4) is 0 Å². The van der Waals surface area contributed by atoms with Gasteiger partial charge in [0.2, 0.25) is 0 Å². The fourth-order valence-electron chi connectivity index (χ4n) is 2.35. The summed E-state index contributed by atoms with van der Waals surface area (Å²) in [5, 5.41) is 7.13. The highest BCUT2D eigenvalue weighted by molar-refractivity contribution is 6.42. The van der Waals surface area contributed by atoms with Gasteiger partial charge in [0.15, 0.2) is 6.61 Å². The topological polar surface area (TPSA) is 50.4 Å². The van der Waals surface area contributed by atoms with Crippen molar-refractivity contribution in [1.82, 2.24) is 10.6 Å². The van der Waals surface area contributed by atoms with Gasteiger partial charge in [-0.2, -0.15) is 0 Å². The maximum Gasteiger partial charge on any atom is 0.257 e. The Kier molecular flexibility index (Phi) is 6.61. The lowest BCUT2D eigenvalue weighted by Crippen LogP contribution is -2.34. The van der Waals surface area contributed by atoms with Crippen molar-refractivity contribution in [3.63, 3.8) is 0 Å². The highest BCUT2D eigenvalue weighted by Crippen LogP contribution is 2.26. The zero-order chi connectivity index (χ0) is 15.1. The van der Waals surface area contributed by atoms with Crippen LogP contribution in [0.2, 0.25) is 10.0 Å². The standard InChI is InChI=1S/C15H20Cl2N2O2/c16-13-4-3-12(8-14(13)17)21-10-15(20)19-7-5-11-2-1-6-18-9-11/h3-4,8,11,18H,1-2,5-7,9-10H2,(H,19,20). The summed E-state index contributed by atoms with van der Waals surface area (Å²) in [5.41, 5.74) is 0. The maximum atomic E-state index is 11.7. The molecule has 0 aromatic heterocycles. The van der Waals surface area contributed by atoms with Crippen molar-refractivity contribution < 1.29 is 9.53 Å². The summed E-state index contributed by atoms with van der Waals surface area (Å²) in [6, 6.07) is 4.94. The molecule has 0 bridgehead atoms. The van der Waals surface area contributed by atoms with Gasteiger partial charge in [-0.05, 0) is 50.4 Å². The van der Waals surface area contributed by atoms with Crippen LogP contribution in [0.1, 0.15) is 19.3 Å². The van der Waals surface area contributed by atoms with E-state index in [2.05, 4.69) is 10.6 Å². The van der Waals surface area contributed by atoms with E-state index in [4.69, 9.17) is 27.9 Å². The summed E-state index contributed by atoms with van der Waals surface area (Å²) in [7, 11) is 0. The van der Waals surface area contributed by atoms with Gasteiger partial charge >= 0.3 is 0 Å². The van der Waals surface area contributed by atoms with Crippen LogP contribution in [0, 0.1) is 5.92 Å². The van der Waals surface area contributed by atoms with Crippen LogP contribution in [0.4, 0.5) is 0 Å². The zero-order valence-electron chi connectivity index (χ0n) is 11.8. The van der Waals surface area contributed by atoms with Crippen molar-refractivity contribution in [2.75, 3.05) is 26.2 Å². The lowest BCUT2D eigenvalue weighted by atomic mass is 9.96. The number of piperidine rings is 1. The number of carbonyl (C=O) groups excluding carboxylic acids is 1. The number of benzene rings is 1. The summed E-state index contributed by atoms with van der Waals surface area (Å²) in [5.74, 6) is 1.08. The largest absolute Gasteiger partial charge is 0.484 e. The van der Waals surface area contributed by atoms with E-state index >= 15 is 0 Å². The molecule has 1 amide bonds. The predicted molar refractivity (Wildman–Crippen MR) is 85.2 cm³/mol. The summed E-state index contributed by atoms with van der Waals surface area (Å²) in [6.07, 6.45) is 3.47. The van der Waals surface area contributed by atoms with Crippen LogP contribution in [-0.2, 0) is 4.79 Å². The third-order valence-electron chi connectivity index (χ3n) is 3.53. The third-order valence-corrected chi connectivity index (χ3v) is 4.27. The molecule has 2 N–H and O–H groups in total. The number of nitrogens with one attached hydrogen (secondary N) is 2. The molecular weight excluding hydrogens is 311 g/mol. The first-order chi connectivity index (χ1) is 10.1. The third kappa shape index (κ3) is 5.73. The van der Waals surface area contributed by atoms with Gasteiger partial charge in [-0.25, -0.2) is 0 Å². The van der Waals surface area contributed by atoms with Crippen molar-refractivity contribution in [2.24, 2.45) is 5.92 Å².